The first kappa shape index (κ1) is 17.5. The number of nitrogens with zero attached hydrogens (tertiary/aromatic N) is 1. The molecule has 2 nitrogen and oxygen atoms in total. The first-order valence-electron chi connectivity index (χ1n) is 9.30. The zero-order chi connectivity index (χ0) is 19.0. The van der Waals surface area contributed by atoms with Crippen LogP contribution in [0.5, 0.6) is 0 Å². The molecule has 1 amide bonds. The van der Waals surface area contributed by atoms with Gasteiger partial charge in [0, 0.05) is 17.6 Å². The number of halogens is 1. The van der Waals surface area contributed by atoms with Crippen molar-refractivity contribution in [1.82, 2.24) is 0 Å². The van der Waals surface area contributed by atoms with Gasteiger partial charge < -0.3 is 4.90 Å². The molecule has 1 aliphatic rings. The molecule has 0 bridgehead atoms. The molecule has 27 heavy (non-hydrogen) atoms. The molecule has 4 rings (SSSR count). The van der Waals surface area contributed by atoms with Gasteiger partial charge in [-0.3, -0.25) is 4.79 Å². The van der Waals surface area contributed by atoms with Crippen LogP contribution >= 0.6 is 0 Å². The summed E-state index contributed by atoms with van der Waals surface area (Å²) in [6.07, 6.45) is 0.806. The van der Waals surface area contributed by atoms with Gasteiger partial charge in [0.15, 0.2) is 0 Å². The molecule has 1 heterocycles. The molecule has 0 aliphatic carbocycles. The monoisotopic (exact) mass is 359 g/mol. The van der Waals surface area contributed by atoms with Crippen LogP contribution in [0.1, 0.15) is 46.3 Å². The summed E-state index contributed by atoms with van der Waals surface area (Å²) in [5.41, 5.74) is 4.52. The molecule has 0 unspecified atom stereocenters. The Morgan fingerprint density at radius 1 is 1.00 bits per heavy atom. The third-order valence-electron chi connectivity index (χ3n) is 5.36. The lowest BCUT2D eigenvalue weighted by Crippen LogP contribution is -2.43. The summed E-state index contributed by atoms with van der Waals surface area (Å²) < 4.78 is 14.3. The van der Waals surface area contributed by atoms with Crippen LogP contribution in [0, 0.1) is 12.7 Å². The van der Waals surface area contributed by atoms with Gasteiger partial charge in [-0.1, -0.05) is 60.2 Å². The Bertz CT molecular complexity index is 983. The van der Waals surface area contributed by atoms with Crippen LogP contribution in [-0.2, 0) is 0 Å². The number of hydrogen-bond donors (Lipinski definition) is 0. The van der Waals surface area contributed by atoms with Gasteiger partial charge in [-0.05, 0) is 49.6 Å². The Balaban J connectivity index is 1.83. The zero-order valence-electron chi connectivity index (χ0n) is 15.5. The van der Waals surface area contributed by atoms with E-state index in [1.807, 2.05) is 37.3 Å². The lowest BCUT2D eigenvalue weighted by molar-refractivity contribution is 0.0970. The van der Waals surface area contributed by atoms with E-state index in [1.54, 1.807) is 23.1 Å². The molecular weight excluding hydrogens is 337 g/mol. The Morgan fingerprint density at radius 2 is 1.70 bits per heavy atom. The fourth-order valence-electron chi connectivity index (χ4n) is 4.06. The quantitative estimate of drug-likeness (QED) is 0.574. The minimum absolute atomic E-state index is 0.0301. The molecular formula is C24H22FNO. The van der Waals surface area contributed by atoms with Crippen molar-refractivity contribution >= 4 is 11.6 Å². The van der Waals surface area contributed by atoms with Crippen LogP contribution in [0.2, 0.25) is 0 Å². The summed E-state index contributed by atoms with van der Waals surface area (Å²) in [5.74, 6) is -0.536. The first-order chi connectivity index (χ1) is 13.1. The largest absolute Gasteiger partial charge is 0.305 e. The molecule has 0 saturated carbocycles. The van der Waals surface area contributed by atoms with E-state index in [1.165, 1.54) is 11.6 Å². The van der Waals surface area contributed by atoms with Gasteiger partial charge in [-0.15, -0.1) is 0 Å². The lowest BCUT2D eigenvalue weighted by Gasteiger charge is -2.40. The number of amides is 1. The van der Waals surface area contributed by atoms with Gasteiger partial charge in [-0.25, -0.2) is 4.39 Å². The number of benzene rings is 3. The molecule has 3 aromatic carbocycles. The number of rotatable bonds is 2. The standard InChI is InChI=1S/C24H22FNO/c1-16-12-13-23-21(14-16)20(18-8-4-3-5-9-18)15-17(2)26(23)24(27)19-10-6-7-11-22(19)25/h3-14,17,20H,15H2,1-2H3/t17-,20+/m0/s1. The number of anilines is 1. The highest BCUT2D eigenvalue weighted by molar-refractivity contribution is 6.07. The van der Waals surface area contributed by atoms with Gasteiger partial charge in [0.05, 0.1) is 5.56 Å². The summed E-state index contributed by atoms with van der Waals surface area (Å²) in [5, 5.41) is 0. The highest BCUT2D eigenvalue weighted by atomic mass is 19.1. The fraction of sp³-hybridized carbons (Fsp3) is 0.208. The maximum Gasteiger partial charge on any atom is 0.261 e. The summed E-state index contributed by atoms with van der Waals surface area (Å²) in [6, 6.07) is 22.7. The van der Waals surface area contributed by atoms with Gasteiger partial charge in [0.1, 0.15) is 5.82 Å². The highest BCUT2D eigenvalue weighted by Crippen LogP contribution is 2.43. The van der Waals surface area contributed by atoms with Crippen molar-refractivity contribution in [2.45, 2.75) is 32.2 Å². The van der Waals surface area contributed by atoms with Crippen LogP contribution < -0.4 is 4.90 Å². The predicted molar refractivity (Wildman–Crippen MR) is 107 cm³/mol. The molecule has 2 atom stereocenters. The summed E-state index contributed by atoms with van der Waals surface area (Å²) >= 11 is 0. The third kappa shape index (κ3) is 3.14. The number of aryl methyl sites for hydroxylation is 1. The van der Waals surface area contributed by atoms with Gasteiger partial charge >= 0.3 is 0 Å². The number of carbonyl (C=O) groups is 1. The minimum atomic E-state index is -0.478. The maximum atomic E-state index is 14.3. The molecule has 0 N–H and O–H groups in total. The van der Waals surface area contributed by atoms with Crippen LogP contribution in [0.4, 0.5) is 10.1 Å². The second-order valence-corrected chi connectivity index (χ2v) is 7.27. The van der Waals surface area contributed by atoms with Crippen molar-refractivity contribution in [3.05, 3.63) is 101 Å². The van der Waals surface area contributed by atoms with Crippen LogP contribution in [0.25, 0.3) is 0 Å². The maximum absolute atomic E-state index is 14.3. The van der Waals surface area contributed by atoms with Crippen molar-refractivity contribution < 1.29 is 9.18 Å². The number of hydrogen-bond acceptors (Lipinski definition) is 1. The van der Waals surface area contributed by atoms with Crippen LogP contribution in [-0.4, -0.2) is 11.9 Å². The van der Waals surface area contributed by atoms with E-state index >= 15 is 0 Å². The highest BCUT2D eigenvalue weighted by Gasteiger charge is 2.35. The SMILES string of the molecule is Cc1ccc2c(c1)[C@@H](c1ccccc1)C[C@H](C)N2C(=O)c1ccccc1F. The van der Waals surface area contributed by atoms with E-state index in [-0.39, 0.29) is 23.4 Å². The van der Waals surface area contributed by atoms with Crippen molar-refractivity contribution in [3.63, 3.8) is 0 Å². The van der Waals surface area contributed by atoms with E-state index in [4.69, 9.17) is 0 Å². The van der Waals surface area contributed by atoms with Gasteiger partial charge in [0.2, 0.25) is 0 Å². The summed E-state index contributed by atoms with van der Waals surface area (Å²) in [6.45, 7) is 4.10. The Labute approximate surface area is 159 Å². The average molecular weight is 359 g/mol. The molecule has 0 aromatic heterocycles. The Kier molecular flexibility index (Phi) is 4.53. The van der Waals surface area contributed by atoms with E-state index in [0.29, 0.717) is 0 Å². The fourth-order valence-corrected chi connectivity index (χ4v) is 4.06. The van der Waals surface area contributed by atoms with Crippen molar-refractivity contribution in [2.24, 2.45) is 0 Å². The number of fused-ring (bicyclic) bond motifs is 1. The van der Waals surface area contributed by atoms with Crippen molar-refractivity contribution in [3.8, 4) is 0 Å². The van der Waals surface area contributed by atoms with Gasteiger partial charge in [-0.2, -0.15) is 0 Å². The van der Waals surface area contributed by atoms with Crippen molar-refractivity contribution in [1.29, 1.82) is 0 Å². The molecule has 0 fully saturated rings. The molecule has 136 valence electrons. The lowest BCUT2D eigenvalue weighted by atomic mass is 9.80. The smallest absolute Gasteiger partial charge is 0.261 e. The van der Waals surface area contributed by atoms with E-state index < -0.39 is 5.82 Å². The Morgan fingerprint density at radius 3 is 2.44 bits per heavy atom. The molecule has 0 spiro atoms. The van der Waals surface area contributed by atoms with Crippen LogP contribution in [0.15, 0.2) is 72.8 Å². The third-order valence-corrected chi connectivity index (χ3v) is 5.36. The molecule has 1 aliphatic heterocycles. The summed E-state index contributed by atoms with van der Waals surface area (Å²) in [7, 11) is 0. The molecule has 0 saturated heterocycles. The second kappa shape index (κ2) is 6.99. The van der Waals surface area contributed by atoms with Gasteiger partial charge in [0.25, 0.3) is 5.91 Å². The topological polar surface area (TPSA) is 20.3 Å². The normalized spacial score (nSPS) is 18.9. The summed E-state index contributed by atoms with van der Waals surface area (Å²) in [4.78, 5) is 15.0. The van der Waals surface area contributed by atoms with E-state index in [0.717, 1.165) is 23.2 Å². The number of carbonyl (C=O) groups excluding carboxylic acids is 1. The predicted octanol–water partition coefficient (Wildman–Crippen LogP) is 5.71. The first-order valence-corrected chi connectivity index (χ1v) is 9.30. The van der Waals surface area contributed by atoms with Crippen molar-refractivity contribution in [2.75, 3.05) is 4.90 Å². The Hall–Kier alpha value is -2.94. The zero-order valence-corrected chi connectivity index (χ0v) is 15.5. The molecule has 3 aromatic rings. The second-order valence-electron chi connectivity index (χ2n) is 7.27. The van der Waals surface area contributed by atoms with E-state index in [2.05, 4.69) is 25.1 Å². The average Bonchev–Trinajstić information content (AvgIpc) is 2.68. The molecule has 0 radical (unpaired) electrons. The van der Waals surface area contributed by atoms with E-state index in [9.17, 15) is 9.18 Å². The molecule has 3 heteroatoms. The minimum Gasteiger partial charge on any atom is -0.305 e. The van der Waals surface area contributed by atoms with Crippen LogP contribution in [0.3, 0.4) is 0 Å².